The molecule has 4 rings (SSSR count). The van der Waals surface area contributed by atoms with Crippen LogP contribution in [0.5, 0.6) is 0 Å². The third-order valence-electron chi connectivity index (χ3n) is 5.29. The number of benzene rings is 2. The summed E-state index contributed by atoms with van der Waals surface area (Å²) in [4.78, 5) is 25.5. The minimum absolute atomic E-state index is 0.0478. The summed E-state index contributed by atoms with van der Waals surface area (Å²) in [5, 5.41) is 12.8. The maximum absolute atomic E-state index is 13.3. The van der Waals surface area contributed by atoms with E-state index in [1.165, 1.54) is 11.8 Å². The Balaban J connectivity index is 1.76. The first-order valence-electron chi connectivity index (χ1n) is 10.3. The SMILES string of the molecule is CCC(C)NC(=O)CSc1nnc2n(Cc3ccc(C)cc3)c(=O)c3ccccc3n12. The summed E-state index contributed by atoms with van der Waals surface area (Å²) in [6.45, 7) is 6.43. The molecule has 1 atom stereocenters. The van der Waals surface area contributed by atoms with Gasteiger partial charge in [-0.2, -0.15) is 0 Å². The number of hydrogen-bond donors (Lipinski definition) is 1. The van der Waals surface area contributed by atoms with Crippen LogP contribution in [-0.2, 0) is 11.3 Å². The lowest BCUT2D eigenvalue weighted by atomic mass is 10.1. The second-order valence-corrected chi connectivity index (χ2v) is 8.62. The van der Waals surface area contributed by atoms with Crippen LogP contribution < -0.4 is 10.9 Å². The summed E-state index contributed by atoms with van der Waals surface area (Å²) in [5.41, 5.74) is 2.80. The first kappa shape index (κ1) is 21.1. The minimum Gasteiger partial charge on any atom is -0.353 e. The lowest BCUT2D eigenvalue weighted by Gasteiger charge is -2.12. The highest BCUT2D eigenvalue weighted by Gasteiger charge is 2.18. The normalized spacial score (nSPS) is 12.4. The van der Waals surface area contributed by atoms with E-state index in [1.54, 1.807) is 4.57 Å². The number of rotatable bonds is 7. The van der Waals surface area contributed by atoms with Gasteiger partial charge in [0.05, 0.1) is 23.2 Å². The zero-order valence-corrected chi connectivity index (χ0v) is 18.6. The fourth-order valence-electron chi connectivity index (χ4n) is 3.39. The molecule has 1 amide bonds. The molecule has 8 heteroatoms. The third-order valence-corrected chi connectivity index (χ3v) is 6.22. The Bertz CT molecular complexity index is 1290. The Hall–Kier alpha value is -3.13. The number of thioether (sulfide) groups is 1. The number of amides is 1. The van der Waals surface area contributed by atoms with Crippen molar-refractivity contribution in [2.45, 2.75) is 44.9 Å². The fraction of sp³-hybridized carbons (Fsp3) is 0.304. The van der Waals surface area contributed by atoms with Crippen LogP contribution in [0.3, 0.4) is 0 Å². The van der Waals surface area contributed by atoms with Gasteiger partial charge in [-0.15, -0.1) is 10.2 Å². The highest BCUT2D eigenvalue weighted by Crippen LogP contribution is 2.22. The first-order chi connectivity index (χ1) is 15.0. The lowest BCUT2D eigenvalue weighted by Crippen LogP contribution is -2.33. The number of carbonyl (C=O) groups is 1. The van der Waals surface area contributed by atoms with Crippen molar-refractivity contribution in [1.29, 1.82) is 0 Å². The topological polar surface area (TPSA) is 81.3 Å². The Labute approximate surface area is 184 Å². The summed E-state index contributed by atoms with van der Waals surface area (Å²) in [5.74, 6) is 0.652. The zero-order chi connectivity index (χ0) is 22.0. The van der Waals surface area contributed by atoms with Crippen molar-refractivity contribution in [2.75, 3.05) is 5.75 Å². The van der Waals surface area contributed by atoms with Crippen LogP contribution >= 0.6 is 11.8 Å². The van der Waals surface area contributed by atoms with E-state index >= 15 is 0 Å². The predicted octanol–water partition coefficient (Wildman–Crippen LogP) is 3.41. The number of nitrogens with one attached hydrogen (secondary N) is 1. The Morgan fingerprint density at radius 3 is 2.61 bits per heavy atom. The van der Waals surface area contributed by atoms with Crippen LogP contribution in [0.25, 0.3) is 16.7 Å². The van der Waals surface area contributed by atoms with Gasteiger partial charge in [0.15, 0.2) is 5.16 Å². The summed E-state index contributed by atoms with van der Waals surface area (Å²) >= 11 is 1.32. The van der Waals surface area contributed by atoms with Gasteiger partial charge in [-0.25, -0.2) is 0 Å². The molecule has 0 bridgehead atoms. The number of fused-ring (bicyclic) bond motifs is 3. The molecule has 0 fully saturated rings. The van der Waals surface area contributed by atoms with Gasteiger partial charge in [-0.1, -0.05) is 60.6 Å². The van der Waals surface area contributed by atoms with E-state index in [0.717, 1.165) is 23.1 Å². The number of aromatic nitrogens is 4. The van der Waals surface area contributed by atoms with Crippen molar-refractivity contribution in [2.24, 2.45) is 0 Å². The van der Waals surface area contributed by atoms with Crippen molar-refractivity contribution >= 4 is 34.3 Å². The number of nitrogens with zero attached hydrogens (tertiary/aromatic N) is 4. The van der Waals surface area contributed by atoms with Gasteiger partial charge in [0.25, 0.3) is 5.56 Å². The molecule has 0 spiro atoms. The summed E-state index contributed by atoms with van der Waals surface area (Å²) in [6, 6.07) is 15.6. The molecule has 1 N–H and O–H groups in total. The van der Waals surface area contributed by atoms with Gasteiger partial charge in [0.2, 0.25) is 11.7 Å². The van der Waals surface area contributed by atoms with Gasteiger partial charge in [-0.05, 0) is 38.0 Å². The molecule has 160 valence electrons. The second-order valence-electron chi connectivity index (χ2n) is 7.68. The third kappa shape index (κ3) is 4.34. The molecule has 1 unspecified atom stereocenters. The Kier molecular flexibility index (Phi) is 6.08. The average molecular weight is 436 g/mol. The zero-order valence-electron chi connectivity index (χ0n) is 17.8. The van der Waals surface area contributed by atoms with Crippen LogP contribution in [0.4, 0.5) is 0 Å². The van der Waals surface area contributed by atoms with E-state index in [9.17, 15) is 9.59 Å². The fourth-order valence-corrected chi connectivity index (χ4v) is 4.15. The van der Waals surface area contributed by atoms with E-state index in [4.69, 9.17) is 0 Å². The number of para-hydroxylation sites is 1. The quantitative estimate of drug-likeness (QED) is 0.450. The molecule has 0 saturated carbocycles. The molecular weight excluding hydrogens is 410 g/mol. The van der Waals surface area contributed by atoms with Crippen molar-refractivity contribution in [3.63, 3.8) is 0 Å². The smallest absolute Gasteiger partial charge is 0.263 e. The molecule has 2 heterocycles. The van der Waals surface area contributed by atoms with Crippen molar-refractivity contribution in [3.8, 4) is 0 Å². The Morgan fingerprint density at radius 2 is 1.87 bits per heavy atom. The molecule has 0 aliphatic heterocycles. The molecule has 0 aliphatic rings. The van der Waals surface area contributed by atoms with Gasteiger partial charge in [0.1, 0.15) is 0 Å². The van der Waals surface area contributed by atoms with Gasteiger partial charge in [0, 0.05) is 6.04 Å². The second kappa shape index (κ2) is 8.93. The number of hydrogen-bond acceptors (Lipinski definition) is 5. The highest BCUT2D eigenvalue weighted by atomic mass is 32.2. The van der Waals surface area contributed by atoms with Crippen molar-refractivity contribution in [1.82, 2.24) is 24.5 Å². The lowest BCUT2D eigenvalue weighted by molar-refractivity contribution is -0.119. The largest absolute Gasteiger partial charge is 0.353 e. The monoisotopic (exact) mass is 435 g/mol. The van der Waals surface area contributed by atoms with Crippen LogP contribution in [0.1, 0.15) is 31.4 Å². The molecule has 0 aliphatic carbocycles. The van der Waals surface area contributed by atoms with Crippen LogP contribution in [-0.4, -0.2) is 36.9 Å². The summed E-state index contributed by atoms with van der Waals surface area (Å²) in [6.07, 6.45) is 0.875. The number of carbonyl (C=O) groups excluding carboxylic acids is 1. The molecule has 2 aromatic carbocycles. The first-order valence-corrected chi connectivity index (χ1v) is 11.3. The molecule has 2 aromatic heterocycles. The van der Waals surface area contributed by atoms with Gasteiger partial charge in [-0.3, -0.25) is 18.6 Å². The van der Waals surface area contributed by atoms with Gasteiger partial charge < -0.3 is 5.32 Å². The summed E-state index contributed by atoms with van der Waals surface area (Å²) in [7, 11) is 0. The van der Waals surface area contributed by atoms with E-state index in [0.29, 0.717) is 22.9 Å². The molecule has 0 saturated heterocycles. The minimum atomic E-state index is -0.109. The van der Waals surface area contributed by atoms with E-state index in [1.807, 2.05) is 73.7 Å². The maximum atomic E-state index is 13.3. The van der Waals surface area contributed by atoms with Crippen LogP contribution in [0, 0.1) is 6.92 Å². The molecule has 31 heavy (non-hydrogen) atoms. The predicted molar refractivity (Wildman–Crippen MR) is 124 cm³/mol. The van der Waals surface area contributed by atoms with Crippen molar-refractivity contribution in [3.05, 3.63) is 70.0 Å². The average Bonchev–Trinajstić information content (AvgIpc) is 3.20. The van der Waals surface area contributed by atoms with Crippen LogP contribution in [0.2, 0.25) is 0 Å². The highest BCUT2D eigenvalue weighted by molar-refractivity contribution is 7.99. The van der Waals surface area contributed by atoms with Gasteiger partial charge >= 0.3 is 0 Å². The van der Waals surface area contributed by atoms with E-state index < -0.39 is 0 Å². The molecular formula is C23H25N5O2S. The van der Waals surface area contributed by atoms with E-state index in [-0.39, 0.29) is 23.3 Å². The maximum Gasteiger partial charge on any atom is 0.263 e. The number of aryl methyl sites for hydroxylation is 1. The standard InChI is InChI=1S/C23H25N5O2S/c1-4-16(3)24-20(29)14-31-23-26-25-22-27(13-17-11-9-15(2)10-12-17)21(30)18-7-5-6-8-19(18)28(22)23/h5-12,16H,4,13-14H2,1-3H3,(H,24,29). The summed E-state index contributed by atoms with van der Waals surface area (Å²) < 4.78 is 3.51. The van der Waals surface area contributed by atoms with E-state index in [2.05, 4.69) is 15.5 Å². The molecule has 4 aromatic rings. The van der Waals surface area contributed by atoms with Crippen molar-refractivity contribution < 1.29 is 4.79 Å². The van der Waals surface area contributed by atoms with Crippen LogP contribution in [0.15, 0.2) is 58.5 Å². The Morgan fingerprint density at radius 1 is 1.13 bits per heavy atom. The molecule has 0 radical (unpaired) electrons. The molecule has 7 nitrogen and oxygen atoms in total.